The van der Waals surface area contributed by atoms with Gasteiger partial charge in [-0.1, -0.05) is 84.9 Å². The quantitative estimate of drug-likeness (QED) is 0.241. The number of aromatic nitrogens is 1. The molecule has 1 aliphatic rings. The lowest BCUT2D eigenvalue weighted by Gasteiger charge is -2.28. The van der Waals surface area contributed by atoms with Crippen molar-refractivity contribution < 1.29 is 0 Å². The Bertz CT molecular complexity index is 2010. The van der Waals surface area contributed by atoms with Gasteiger partial charge in [0.25, 0.3) is 0 Å². The van der Waals surface area contributed by atoms with E-state index in [0.717, 1.165) is 12.1 Å². The first-order valence-electron chi connectivity index (χ1n) is 13.2. The summed E-state index contributed by atoms with van der Waals surface area (Å²) in [6.07, 6.45) is 0.967. The molecule has 0 unspecified atom stereocenters. The standard InChI is InChI=1S/C36H26N2/c1-37-33-18-10-9-16-30(33)32-23-27(19-20-34(32)37)38(26-12-3-2-4-13-26)35-22-25-21-24-11-5-6-14-28(24)36(25)31-17-8-7-15-29(31)35/h2-20,22-23H,21H2,1H3. The van der Waals surface area contributed by atoms with Gasteiger partial charge in [-0.05, 0) is 76.5 Å². The van der Waals surface area contributed by atoms with Crippen LogP contribution in [-0.4, -0.2) is 4.57 Å². The number of hydrogen-bond donors (Lipinski definition) is 0. The van der Waals surface area contributed by atoms with Gasteiger partial charge in [0.1, 0.15) is 0 Å². The molecule has 2 heteroatoms. The molecule has 8 rings (SSSR count). The number of anilines is 3. The summed E-state index contributed by atoms with van der Waals surface area (Å²) in [6.45, 7) is 0. The first kappa shape index (κ1) is 21.3. The van der Waals surface area contributed by atoms with Crippen LogP contribution in [0.15, 0.2) is 127 Å². The number of benzene rings is 6. The second-order valence-electron chi connectivity index (χ2n) is 10.3. The average molecular weight is 487 g/mol. The molecule has 2 nitrogen and oxygen atoms in total. The molecule has 0 N–H and O–H groups in total. The highest BCUT2D eigenvalue weighted by Gasteiger charge is 2.25. The second-order valence-corrected chi connectivity index (χ2v) is 10.3. The lowest BCUT2D eigenvalue weighted by atomic mass is 9.95. The Hall–Kier alpha value is -4.82. The van der Waals surface area contributed by atoms with E-state index in [1.807, 2.05) is 0 Å². The van der Waals surface area contributed by atoms with Crippen molar-refractivity contribution in [3.8, 4) is 11.1 Å². The summed E-state index contributed by atoms with van der Waals surface area (Å²) in [6, 6.07) is 46.5. The van der Waals surface area contributed by atoms with Gasteiger partial charge >= 0.3 is 0 Å². The predicted octanol–water partition coefficient (Wildman–Crippen LogP) is 9.53. The predicted molar refractivity (Wildman–Crippen MR) is 161 cm³/mol. The van der Waals surface area contributed by atoms with Crippen LogP contribution >= 0.6 is 0 Å². The highest BCUT2D eigenvalue weighted by atomic mass is 15.1. The van der Waals surface area contributed by atoms with Gasteiger partial charge in [0.2, 0.25) is 0 Å². The molecule has 0 spiro atoms. The summed E-state index contributed by atoms with van der Waals surface area (Å²) >= 11 is 0. The van der Waals surface area contributed by atoms with E-state index in [4.69, 9.17) is 0 Å². The van der Waals surface area contributed by atoms with Crippen LogP contribution in [0.3, 0.4) is 0 Å². The number of para-hydroxylation sites is 2. The summed E-state index contributed by atoms with van der Waals surface area (Å²) in [4.78, 5) is 2.44. The van der Waals surface area contributed by atoms with E-state index >= 15 is 0 Å². The normalized spacial score (nSPS) is 12.2. The highest BCUT2D eigenvalue weighted by Crippen LogP contribution is 2.48. The third-order valence-electron chi connectivity index (χ3n) is 8.18. The molecule has 0 amide bonds. The van der Waals surface area contributed by atoms with Crippen molar-refractivity contribution in [1.29, 1.82) is 0 Å². The zero-order chi connectivity index (χ0) is 25.2. The Morgan fingerprint density at radius 3 is 2.08 bits per heavy atom. The average Bonchev–Trinajstić information content (AvgIpc) is 3.49. The van der Waals surface area contributed by atoms with E-state index in [0.29, 0.717) is 0 Å². The molecule has 180 valence electrons. The van der Waals surface area contributed by atoms with Crippen LogP contribution in [0.25, 0.3) is 43.7 Å². The van der Waals surface area contributed by atoms with Gasteiger partial charge in [0, 0.05) is 45.6 Å². The minimum atomic E-state index is 0.967. The number of hydrogen-bond acceptors (Lipinski definition) is 1. The molecule has 1 aromatic heterocycles. The molecule has 0 fully saturated rings. The van der Waals surface area contributed by atoms with Crippen molar-refractivity contribution in [2.24, 2.45) is 7.05 Å². The first-order chi connectivity index (χ1) is 18.8. The summed E-state index contributed by atoms with van der Waals surface area (Å²) in [5.74, 6) is 0. The third kappa shape index (κ3) is 3.01. The molecule has 1 aliphatic carbocycles. The Kier molecular flexibility index (Phi) is 4.53. The maximum absolute atomic E-state index is 2.44. The third-order valence-corrected chi connectivity index (χ3v) is 8.18. The highest BCUT2D eigenvalue weighted by molar-refractivity contribution is 6.12. The van der Waals surface area contributed by atoms with Crippen LogP contribution in [0.2, 0.25) is 0 Å². The lowest BCUT2D eigenvalue weighted by molar-refractivity contribution is 1.01. The molecule has 0 saturated heterocycles. The van der Waals surface area contributed by atoms with Gasteiger partial charge in [-0.25, -0.2) is 0 Å². The molecule has 0 radical (unpaired) electrons. The van der Waals surface area contributed by atoms with E-state index in [1.54, 1.807) is 0 Å². The van der Waals surface area contributed by atoms with Crippen molar-refractivity contribution in [3.05, 3.63) is 139 Å². The topological polar surface area (TPSA) is 8.17 Å². The maximum atomic E-state index is 2.44. The molecule has 1 heterocycles. The summed E-state index contributed by atoms with van der Waals surface area (Å²) < 4.78 is 2.29. The summed E-state index contributed by atoms with van der Waals surface area (Å²) in [5, 5.41) is 5.15. The van der Waals surface area contributed by atoms with Crippen LogP contribution < -0.4 is 4.90 Å². The number of nitrogens with zero attached hydrogens (tertiary/aromatic N) is 2. The number of rotatable bonds is 3. The van der Waals surface area contributed by atoms with Gasteiger partial charge in [-0.15, -0.1) is 0 Å². The van der Waals surface area contributed by atoms with Gasteiger partial charge < -0.3 is 9.47 Å². The van der Waals surface area contributed by atoms with Crippen molar-refractivity contribution in [2.45, 2.75) is 6.42 Å². The van der Waals surface area contributed by atoms with E-state index in [-0.39, 0.29) is 0 Å². The fourth-order valence-corrected chi connectivity index (χ4v) is 6.48. The zero-order valence-electron chi connectivity index (χ0n) is 21.2. The van der Waals surface area contributed by atoms with Crippen LogP contribution in [0, 0.1) is 0 Å². The Morgan fingerprint density at radius 2 is 1.21 bits per heavy atom. The summed E-state index contributed by atoms with van der Waals surface area (Å²) in [7, 11) is 2.16. The van der Waals surface area contributed by atoms with E-state index in [2.05, 4.69) is 144 Å². The minimum Gasteiger partial charge on any atom is -0.344 e. The van der Waals surface area contributed by atoms with Gasteiger partial charge in [-0.3, -0.25) is 0 Å². The number of fused-ring (bicyclic) bond motifs is 8. The van der Waals surface area contributed by atoms with Crippen LogP contribution in [-0.2, 0) is 13.5 Å². The molecule has 6 aromatic carbocycles. The largest absolute Gasteiger partial charge is 0.344 e. The number of aryl methyl sites for hydroxylation is 1. The maximum Gasteiger partial charge on any atom is 0.0543 e. The summed E-state index contributed by atoms with van der Waals surface area (Å²) in [5.41, 5.74) is 11.6. The van der Waals surface area contributed by atoms with Gasteiger partial charge in [-0.2, -0.15) is 0 Å². The van der Waals surface area contributed by atoms with E-state index in [9.17, 15) is 0 Å². The molecule has 7 aromatic rings. The van der Waals surface area contributed by atoms with E-state index < -0.39 is 0 Å². The van der Waals surface area contributed by atoms with Crippen molar-refractivity contribution >= 4 is 49.6 Å². The molecule has 0 aliphatic heterocycles. The van der Waals surface area contributed by atoms with Gasteiger partial charge in [0.15, 0.2) is 0 Å². The lowest BCUT2D eigenvalue weighted by Crippen LogP contribution is -2.11. The Morgan fingerprint density at radius 1 is 0.526 bits per heavy atom. The van der Waals surface area contributed by atoms with Crippen LogP contribution in [0.5, 0.6) is 0 Å². The monoisotopic (exact) mass is 486 g/mol. The first-order valence-corrected chi connectivity index (χ1v) is 13.2. The Labute approximate surface area is 222 Å². The van der Waals surface area contributed by atoms with Crippen molar-refractivity contribution in [1.82, 2.24) is 4.57 Å². The molecule has 38 heavy (non-hydrogen) atoms. The molecular formula is C36H26N2. The Balaban J connectivity index is 1.43. The van der Waals surface area contributed by atoms with E-state index in [1.165, 1.54) is 66.2 Å². The fraction of sp³-hybridized carbons (Fsp3) is 0.0556. The molecular weight excluding hydrogens is 460 g/mol. The van der Waals surface area contributed by atoms with Crippen LogP contribution in [0.4, 0.5) is 17.1 Å². The molecule has 0 saturated carbocycles. The van der Waals surface area contributed by atoms with Crippen molar-refractivity contribution in [3.63, 3.8) is 0 Å². The smallest absolute Gasteiger partial charge is 0.0543 e. The zero-order valence-corrected chi connectivity index (χ0v) is 21.2. The molecule has 0 atom stereocenters. The second kappa shape index (κ2) is 8.09. The van der Waals surface area contributed by atoms with Crippen LogP contribution in [0.1, 0.15) is 11.1 Å². The SMILES string of the molecule is Cn1c2ccccc2c2cc(N(c3ccccc3)c3cc4c(c5ccccc35)-c3ccccc3C4)ccc21. The minimum absolute atomic E-state index is 0.967. The molecule has 0 bridgehead atoms. The van der Waals surface area contributed by atoms with Gasteiger partial charge in [0.05, 0.1) is 5.69 Å². The fourth-order valence-electron chi connectivity index (χ4n) is 6.48. The van der Waals surface area contributed by atoms with Crippen molar-refractivity contribution in [2.75, 3.05) is 4.90 Å².